The van der Waals surface area contributed by atoms with E-state index in [-0.39, 0.29) is 16.6 Å². The van der Waals surface area contributed by atoms with Crippen molar-refractivity contribution in [1.29, 1.82) is 0 Å². The van der Waals surface area contributed by atoms with Crippen LogP contribution in [0.3, 0.4) is 0 Å². The van der Waals surface area contributed by atoms with Gasteiger partial charge in [-0.25, -0.2) is 13.5 Å². The Morgan fingerprint density at radius 3 is 2.38 bits per heavy atom. The van der Waals surface area contributed by atoms with Gasteiger partial charge in [0.1, 0.15) is 11.6 Å². The Labute approximate surface area is 117 Å². The molecule has 3 rings (SSSR count). The highest BCUT2D eigenvalue weighted by Gasteiger charge is 2.15. The molecule has 0 aliphatic rings. The van der Waals surface area contributed by atoms with Crippen molar-refractivity contribution in [3.63, 3.8) is 0 Å². The van der Waals surface area contributed by atoms with Crippen LogP contribution in [0.1, 0.15) is 12.1 Å². The summed E-state index contributed by atoms with van der Waals surface area (Å²) >= 11 is 0. The summed E-state index contributed by atoms with van der Waals surface area (Å²) in [5.74, 6) is -1.36. The van der Waals surface area contributed by atoms with E-state index in [9.17, 15) is 17.6 Å². The minimum atomic E-state index is -2.77. The van der Waals surface area contributed by atoms with Gasteiger partial charge >= 0.3 is 6.55 Å². The van der Waals surface area contributed by atoms with E-state index in [1.54, 1.807) is 12.1 Å². The topological polar surface area (TPSA) is 17.8 Å². The van der Waals surface area contributed by atoms with E-state index >= 15 is 0 Å². The molecular formula is C15H10F4N2. The summed E-state index contributed by atoms with van der Waals surface area (Å²) in [5.41, 5.74) is 0.880. The van der Waals surface area contributed by atoms with Gasteiger partial charge in [-0.3, -0.25) is 0 Å². The Kier molecular flexibility index (Phi) is 3.16. The molecule has 0 N–H and O–H groups in total. The first-order chi connectivity index (χ1) is 9.99. The van der Waals surface area contributed by atoms with E-state index < -0.39 is 18.2 Å². The number of rotatable bonds is 2. The summed E-state index contributed by atoms with van der Waals surface area (Å²) in [4.78, 5) is 0. The summed E-state index contributed by atoms with van der Waals surface area (Å²) < 4.78 is 53.6. The zero-order valence-corrected chi connectivity index (χ0v) is 10.9. The molecule has 0 amide bonds. The molecule has 0 aliphatic heterocycles. The van der Waals surface area contributed by atoms with Gasteiger partial charge in [0.15, 0.2) is 0 Å². The van der Waals surface area contributed by atoms with Crippen LogP contribution in [-0.2, 0) is 0 Å². The van der Waals surface area contributed by atoms with Crippen molar-refractivity contribution >= 4 is 10.9 Å². The van der Waals surface area contributed by atoms with Crippen molar-refractivity contribution in [2.45, 2.75) is 13.5 Å². The van der Waals surface area contributed by atoms with Crippen molar-refractivity contribution in [2.75, 3.05) is 0 Å². The SMILES string of the molecule is Cc1c(F)cc(-c2cccc3c2cnn3C(F)F)cc1F. The third-order valence-corrected chi connectivity index (χ3v) is 3.42. The average Bonchev–Trinajstić information content (AvgIpc) is 2.88. The monoisotopic (exact) mass is 294 g/mol. The van der Waals surface area contributed by atoms with Gasteiger partial charge in [-0.05, 0) is 36.2 Å². The number of halogens is 4. The van der Waals surface area contributed by atoms with E-state index in [4.69, 9.17) is 0 Å². The molecule has 2 nitrogen and oxygen atoms in total. The number of alkyl halides is 2. The van der Waals surface area contributed by atoms with Crippen LogP contribution >= 0.6 is 0 Å². The molecule has 0 radical (unpaired) electrons. The number of hydrogen-bond donors (Lipinski definition) is 0. The number of benzene rings is 2. The van der Waals surface area contributed by atoms with E-state index in [1.165, 1.54) is 31.3 Å². The normalized spacial score (nSPS) is 11.5. The molecule has 1 aromatic heterocycles. The van der Waals surface area contributed by atoms with Gasteiger partial charge in [-0.15, -0.1) is 0 Å². The van der Waals surface area contributed by atoms with Crippen LogP contribution in [-0.4, -0.2) is 9.78 Å². The predicted molar refractivity (Wildman–Crippen MR) is 71.1 cm³/mol. The number of aromatic nitrogens is 2. The second-order valence-corrected chi connectivity index (χ2v) is 4.67. The largest absolute Gasteiger partial charge is 0.333 e. The molecule has 108 valence electrons. The molecule has 0 saturated carbocycles. The van der Waals surface area contributed by atoms with Crippen molar-refractivity contribution in [2.24, 2.45) is 0 Å². The fourth-order valence-corrected chi connectivity index (χ4v) is 2.28. The molecule has 1 heterocycles. The van der Waals surface area contributed by atoms with Crippen LogP contribution in [0.4, 0.5) is 17.6 Å². The van der Waals surface area contributed by atoms with Crippen LogP contribution in [0.2, 0.25) is 0 Å². The quantitative estimate of drug-likeness (QED) is 0.627. The number of hydrogen-bond acceptors (Lipinski definition) is 1. The van der Waals surface area contributed by atoms with Crippen molar-refractivity contribution in [3.05, 3.63) is 53.7 Å². The Morgan fingerprint density at radius 2 is 1.76 bits per heavy atom. The second kappa shape index (κ2) is 4.87. The molecule has 6 heteroatoms. The highest BCUT2D eigenvalue weighted by molar-refractivity contribution is 5.94. The van der Waals surface area contributed by atoms with Gasteiger partial charge in [0.2, 0.25) is 0 Å². The molecular weight excluding hydrogens is 284 g/mol. The molecule has 2 aromatic carbocycles. The van der Waals surface area contributed by atoms with Crippen LogP contribution in [0.15, 0.2) is 36.5 Å². The van der Waals surface area contributed by atoms with Gasteiger partial charge in [-0.1, -0.05) is 12.1 Å². The lowest BCUT2D eigenvalue weighted by atomic mass is 10.0. The van der Waals surface area contributed by atoms with Crippen LogP contribution in [0.25, 0.3) is 22.0 Å². The first-order valence-corrected chi connectivity index (χ1v) is 6.19. The van der Waals surface area contributed by atoms with E-state index in [2.05, 4.69) is 5.10 Å². The predicted octanol–water partition coefficient (Wildman–Crippen LogP) is 4.69. The van der Waals surface area contributed by atoms with Crippen molar-refractivity contribution in [3.8, 4) is 11.1 Å². The summed E-state index contributed by atoms with van der Waals surface area (Å²) in [5, 5.41) is 4.04. The van der Waals surface area contributed by atoms with Gasteiger partial charge in [0.05, 0.1) is 11.7 Å². The molecule has 0 spiro atoms. The van der Waals surface area contributed by atoms with Crippen molar-refractivity contribution in [1.82, 2.24) is 9.78 Å². The van der Waals surface area contributed by atoms with Crippen LogP contribution in [0, 0.1) is 18.6 Å². The first kappa shape index (κ1) is 13.6. The molecule has 0 aliphatic carbocycles. The Bertz CT molecular complexity index is 801. The smallest absolute Gasteiger partial charge is 0.207 e. The zero-order valence-electron chi connectivity index (χ0n) is 10.9. The Morgan fingerprint density at radius 1 is 1.10 bits per heavy atom. The van der Waals surface area contributed by atoms with E-state index in [1.807, 2.05) is 0 Å². The molecule has 0 bridgehead atoms. The first-order valence-electron chi connectivity index (χ1n) is 6.19. The maximum Gasteiger partial charge on any atom is 0.333 e. The highest BCUT2D eigenvalue weighted by Crippen LogP contribution is 2.31. The van der Waals surface area contributed by atoms with Crippen LogP contribution in [0.5, 0.6) is 0 Å². The zero-order chi connectivity index (χ0) is 15.1. The van der Waals surface area contributed by atoms with E-state index in [0.29, 0.717) is 15.6 Å². The lowest BCUT2D eigenvalue weighted by molar-refractivity contribution is 0.0615. The second-order valence-electron chi connectivity index (χ2n) is 4.67. The summed E-state index contributed by atoms with van der Waals surface area (Å²) in [6.45, 7) is -1.44. The maximum absolute atomic E-state index is 13.7. The van der Waals surface area contributed by atoms with E-state index in [0.717, 1.165) is 0 Å². The lowest BCUT2D eigenvalue weighted by Crippen LogP contribution is -1.99. The summed E-state index contributed by atoms with van der Waals surface area (Å²) in [6, 6.07) is 7.02. The molecule has 0 saturated heterocycles. The summed E-state index contributed by atoms with van der Waals surface area (Å²) in [7, 11) is 0. The summed E-state index contributed by atoms with van der Waals surface area (Å²) in [6.07, 6.45) is 1.27. The van der Waals surface area contributed by atoms with Gasteiger partial charge < -0.3 is 0 Å². The Hall–Kier alpha value is -2.37. The molecule has 3 aromatic rings. The fraction of sp³-hybridized carbons (Fsp3) is 0.133. The maximum atomic E-state index is 13.7. The number of nitrogens with zero attached hydrogens (tertiary/aromatic N) is 2. The fourth-order valence-electron chi connectivity index (χ4n) is 2.28. The van der Waals surface area contributed by atoms with Crippen LogP contribution < -0.4 is 0 Å². The third kappa shape index (κ3) is 2.16. The van der Waals surface area contributed by atoms with Gasteiger partial charge in [0, 0.05) is 10.9 Å². The lowest BCUT2D eigenvalue weighted by Gasteiger charge is -2.07. The number of fused-ring (bicyclic) bond motifs is 1. The average molecular weight is 294 g/mol. The standard InChI is InChI=1S/C15H10F4N2/c1-8-12(16)5-9(6-13(8)17)10-3-2-4-14-11(10)7-20-21(14)15(18)19/h2-7,15H,1H3. The van der Waals surface area contributed by atoms with Gasteiger partial charge in [-0.2, -0.15) is 13.9 Å². The minimum absolute atomic E-state index is 0.0748. The molecule has 0 atom stereocenters. The molecule has 0 fully saturated rings. The van der Waals surface area contributed by atoms with Crippen molar-refractivity contribution < 1.29 is 17.6 Å². The molecule has 0 unspecified atom stereocenters. The third-order valence-electron chi connectivity index (χ3n) is 3.42. The van der Waals surface area contributed by atoms with Gasteiger partial charge in [0.25, 0.3) is 0 Å². The minimum Gasteiger partial charge on any atom is -0.207 e. The Balaban J connectivity index is 2.26. The molecule has 21 heavy (non-hydrogen) atoms. The highest BCUT2D eigenvalue weighted by atomic mass is 19.3.